The third kappa shape index (κ3) is 5.65. The lowest BCUT2D eigenvalue weighted by atomic mass is 10.2. The molecule has 2 amide bonds. The van der Waals surface area contributed by atoms with Crippen molar-refractivity contribution in [1.82, 2.24) is 9.88 Å². The van der Waals surface area contributed by atoms with Crippen molar-refractivity contribution >= 4 is 34.0 Å². The van der Waals surface area contributed by atoms with Crippen LogP contribution >= 0.6 is 11.3 Å². The van der Waals surface area contributed by atoms with Crippen LogP contribution in [0.3, 0.4) is 0 Å². The second kappa shape index (κ2) is 9.01. The molecule has 4 rings (SSSR count). The van der Waals surface area contributed by atoms with Crippen molar-refractivity contribution in [3.05, 3.63) is 59.0 Å². The molecule has 3 heterocycles. The molecule has 0 saturated carbocycles. The number of nitrogens with one attached hydrogen (secondary N) is 2. The molecule has 0 fully saturated rings. The number of rotatable bonds is 6. The Morgan fingerprint density at radius 2 is 1.97 bits per heavy atom. The lowest BCUT2D eigenvalue weighted by Crippen LogP contribution is -2.36. The second-order valence-electron chi connectivity index (χ2n) is 6.90. The van der Waals surface area contributed by atoms with Gasteiger partial charge in [-0.3, -0.25) is 19.8 Å². The number of benzene rings is 1. The number of hydrogen-bond donors (Lipinski definition) is 2. The third-order valence-corrected chi connectivity index (χ3v) is 5.51. The lowest BCUT2D eigenvalue weighted by molar-refractivity contribution is -0.274. The lowest BCUT2D eigenvalue weighted by Gasteiger charge is -2.25. The number of anilines is 2. The van der Waals surface area contributed by atoms with Gasteiger partial charge in [0, 0.05) is 30.1 Å². The molecule has 1 aliphatic rings. The smallest absolute Gasteiger partial charge is 0.459 e. The summed E-state index contributed by atoms with van der Waals surface area (Å²) in [6.07, 6.45) is -2.73. The number of thiazole rings is 1. The van der Waals surface area contributed by atoms with Gasteiger partial charge in [-0.15, -0.1) is 24.5 Å². The molecule has 0 spiro atoms. The number of nitrogens with zero attached hydrogens (tertiary/aromatic N) is 2. The SMILES string of the molecule is O=C(CN1CCc2nc(NC(=O)c3ccco3)sc2C1)Nc1ccc(OC(F)(F)F)cc1. The molecule has 0 atom stereocenters. The summed E-state index contributed by atoms with van der Waals surface area (Å²) in [7, 11) is 0. The van der Waals surface area contributed by atoms with Gasteiger partial charge in [-0.2, -0.15) is 0 Å². The zero-order chi connectivity index (χ0) is 22.7. The zero-order valence-electron chi connectivity index (χ0n) is 16.4. The van der Waals surface area contributed by atoms with Gasteiger partial charge in [-0.05, 0) is 36.4 Å². The van der Waals surface area contributed by atoms with Gasteiger partial charge in [0.05, 0.1) is 18.5 Å². The van der Waals surface area contributed by atoms with Gasteiger partial charge in [-0.25, -0.2) is 4.98 Å². The van der Waals surface area contributed by atoms with Crippen LogP contribution in [-0.2, 0) is 17.8 Å². The van der Waals surface area contributed by atoms with Gasteiger partial charge in [-0.1, -0.05) is 0 Å². The number of furan rings is 1. The van der Waals surface area contributed by atoms with E-state index in [4.69, 9.17) is 4.42 Å². The van der Waals surface area contributed by atoms with Crippen LogP contribution in [0.4, 0.5) is 24.0 Å². The van der Waals surface area contributed by atoms with Crippen LogP contribution in [0.5, 0.6) is 5.75 Å². The predicted octanol–water partition coefficient (Wildman–Crippen LogP) is 3.88. The number of carbonyl (C=O) groups excluding carboxylic acids is 2. The van der Waals surface area contributed by atoms with Crippen LogP contribution in [0.2, 0.25) is 0 Å². The van der Waals surface area contributed by atoms with Gasteiger partial charge in [0.25, 0.3) is 5.91 Å². The van der Waals surface area contributed by atoms with E-state index in [0.717, 1.165) is 22.7 Å². The predicted molar refractivity (Wildman–Crippen MR) is 110 cm³/mol. The van der Waals surface area contributed by atoms with Gasteiger partial charge in [0.2, 0.25) is 5.91 Å². The van der Waals surface area contributed by atoms with E-state index < -0.39 is 6.36 Å². The molecular weight excluding hydrogens is 449 g/mol. The van der Waals surface area contributed by atoms with Crippen LogP contribution in [0.15, 0.2) is 47.1 Å². The van der Waals surface area contributed by atoms with E-state index in [2.05, 4.69) is 20.4 Å². The Bertz CT molecular complexity index is 1100. The van der Waals surface area contributed by atoms with E-state index in [9.17, 15) is 22.8 Å². The Hall–Kier alpha value is -3.38. The Morgan fingerprint density at radius 1 is 1.19 bits per heavy atom. The molecule has 2 N–H and O–H groups in total. The van der Waals surface area contributed by atoms with E-state index in [1.165, 1.54) is 29.7 Å². The summed E-state index contributed by atoms with van der Waals surface area (Å²) in [5, 5.41) is 5.82. The molecular formula is C20H17F3N4O4S. The number of fused-ring (bicyclic) bond motifs is 1. The zero-order valence-corrected chi connectivity index (χ0v) is 17.3. The maximum Gasteiger partial charge on any atom is 0.573 e. The second-order valence-corrected chi connectivity index (χ2v) is 7.98. The Labute approximate surface area is 184 Å². The van der Waals surface area contributed by atoms with Crippen molar-refractivity contribution in [2.24, 2.45) is 0 Å². The van der Waals surface area contributed by atoms with Gasteiger partial charge in [0.15, 0.2) is 10.9 Å². The van der Waals surface area contributed by atoms with Crippen LogP contribution in [-0.4, -0.2) is 41.2 Å². The molecule has 0 unspecified atom stereocenters. The highest BCUT2D eigenvalue weighted by Crippen LogP contribution is 2.29. The highest BCUT2D eigenvalue weighted by molar-refractivity contribution is 7.15. The standard InChI is InChI=1S/C20H17F3N4O4S/c21-20(22,23)31-13-5-3-12(4-6-13)24-17(28)11-27-8-7-14-16(10-27)32-19(25-14)26-18(29)15-2-1-9-30-15/h1-6,9H,7-8,10-11H2,(H,24,28)(H,25,26,29). The van der Waals surface area contributed by atoms with Crippen molar-refractivity contribution in [1.29, 1.82) is 0 Å². The first-order valence-corrected chi connectivity index (χ1v) is 10.3. The van der Waals surface area contributed by atoms with Gasteiger partial charge in [0.1, 0.15) is 5.75 Å². The molecule has 3 aromatic rings. The molecule has 1 aliphatic heterocycles. The fraction of sp³-hybridized carbons (Fsp3) is 0.250. The average molecular weight is 466 g/mol. The normalized spacial score (nSPS) is 14.0. The van der Waals surface area contributed by atoms with E-state index in [1.54, 1.807) is 12.1 Å². The Balaban J connectivity index is 1.30. The van der Waals surface area contributed by atoms with Crippen molar-refractivity contribution in [2.75, 3.05) is 23.7 Å². The molecule has 12 heteroatoms. The number of amides is 2. The topological polar surface area (TPSA) is 96.7 Å². The Kier molecular flexibility index (Phi) is 6.15. The maximum atomic E-state index is 12.3. The summed E-state index contributed by atoms with van der Waals surface area (Å²) in [6.45, 7) is 1.20. The van der Waals surface area contributed by atoms with Crippen molar-refractivity contribution in [3.63, 3.8) is 0 Å². The summed E-state index contributed by atoms with van der Waals surface area (Å²) in [5.41, 5.74) is 1.24. The molecule has 8 nitrogen and oxygen atoms in total. The van der Waals surface area contributed by atoms with Crippen LogP contribution in [0, 0.1) is 0 Å². The van der Waals surface area contributed by atoms with Gasteiger partial charge >= 0.3 is 6.36 Å². The molecule has 0 radical (unpaired) electrons. The van der Waals surface area contributed by atoms with Crippen LogP contribution in [0.25, 0.3) is 0 Å². The summed E-state index contributed by atoms with van der Waals surface area (Å²) in [4.78, 5) is 31.8. The molecule has 168 valence electrons. The van der Waals surface area contributed by atoms with E-state index in [-0.39, 0.29) is 29.9 Å². The summed E-state index contributed by atoms with van der Waals surface area (Å²) in [5.74, 6) is -0.855. The fourth-order valence-electron chi connectivity index (χ4n) is 3.15. The van der Waals surface area contributed by atoms with E-state index in [0.29, 0.717) is 30.3 Å². The van der Waals surface area contributed by atoms with E-state index in [1.807, 2.05) is 4.90 Å². The van der Waals surface area contributed by atoms with Gasteiger partial charge < -0.3 is 14.5 Å². The van der Waals surface area contributed by atoms with Crippen LogP contribution < -0.4 is 15.4 Å². The largest absolute Gasteiger partial charge is 0.573 e. The minimum atomic E-state index is -4.77. The number of ether oxygens (including phenoxy) is 1. The number of halogens is 3. The molecule has 0 aliphatic carbocycles. The molecule has 0 saturated heterocycles. The highest BCUT2D eigenvalue weighted by atomic mass is 32.1. The Morgan fingerprint density at radius 3 is 2.66 bits per heavy atom. The molecule has 0 bridgehead atoms. The average Bonchev–Trinajstić information content (AvgIpc) is 3.37. The van der Waals surface area contributed by atoms with E-state index >= 15 is 0 Å². The summed E-state index contributed by atoms with van der Waals surface area (Å²) < 4.78 is 45.5. The minimum Gasteiger partial charge on any atom is -0.459 e. The van der Waals surface area contributed by atoms with Crippen molar-refractivity contribution < 1.29 is 31.9 Å². The van der Waals surface area contributed by atoms with Crippen molar-refractivity contribution in [2.45, 2.75) is 19.3 Å². The minimum absolute atomic E-state index is 0.103. The first kappa shape index (κ1) is 21.8. The quantitative estimate of drug-likeness (QED) is 0.572. The molecule has 2 aromatic heterocycles. The monoisotopic (exact) mass is 466 g/mol. The highest BCUT2D eigenvalue weighted by Gasteiger charge is 2.31. The fourth-order valence-corrected chi connectivity index (χ4v) is 4.19. The maximum absolute atomic E-state index is 12.3. The third-order valence-electron chi connectivity index (χ3n) is 4.51. The number of aromatic nitrogens is 1. The van der Waals surface area contributed by atoms with Crippen molar-refractivity contribution in [3.8, 4) is 5.75 Å². The first-order chi connectivity index (χ1) is 15.2. The molecule has 1 aromatic carbocycles. The first-order valence-electron chi connectivity index (χ1n) is 9.46. The number of carbonyl (C=O) groups is 2. The number of hydrogen-bond acceptors (Lipinski definition) is 7. The molecule has 32 heavy (non-hydrogen) atoms. The summed E-state index contributed by atoms with van der Waals surface area (Å²) in [6, 6.07) is 8.11. The number of alkyl halides is 3. The van der Waals surface area contributed by atoms with Crippen LogP contribution in [0.1, 0.15) is 21.1 Å². The summed E-state index contributed by atoms with van der Waals surface area (Å²) >= 11 is 1.34.